The van der Waals surface area contributed by atoms with Gasteiger partial charge in [-0.15, -0.1) is 0 Å². The molecule has 1 saturated carbocycles. The molecular weight excluding hydrogens is 406 g/mol. The molecule has 1 aliphatic carbocycles. The fourth-order valence-corrected chi connectivity index (χ4v) is 3.81. The molecule has 7 heteroatoms. The average Bonchev–Trinajstić information content (AvgIpc) is 3.56. The van der Waals surface area contributed by atoms with Gasteiger partial charge in [0.1, 0.15) is 0 Å². The lowest BCUT2D eigenvalue weighted by Gasteiger charge is -2.24. The first-order valence-electron chi connectivity index (χ1n) is 11.1. The first-order valence-corrected chi connectivity index (χ1v) is 11.1. The van der Waals surface area contributed by atoms with Gasteiger partial charge >= 0.3 is 6.09 Å². The molecule has 2 atom stereocenters. The lowest BCUT2D eigenvalue weighted by molar-refractivity contribution is -0.126. The van der Waals surface area contributed by atoms with E-state index in [4.69, 9.17) is 4.74 Å². The van der Waals surface area contributed by atoms with Gasteiger partial charge in [0.15, 0.2) is 12.1 Å². The highest BCUT2D eigenvalue weighted by Crippen LogP contribution is 2.35. The summed E-state index contributed by atoms with van der Waals surface area (Å²) in [7, 11) is 0. The van der Waals surface area contributed by atoms with E-state index in [0.29, 0.717) is 30.1 Å². The highest BCUT2D eigenvalue weighted by molar-refractivity contribution is 5.91. The molecule has 0 aromatic heterocycles. The molecule has 0 bridgehead atoms. The molecule has 1 heterocycles. The van der Waals surface area contributed by atoms with Gasteiger partial charge in [-0.1, -0.05) is 48.9 Å². The standard InChI is InChI=1S/C25H29N3O4/c1-3-21(29)27-20-6-4-5-19(13-20)23-22(24(30)26-14-17-11-12-17)28(25(31)32-23)15-18-9-7-16(2)8-10-18/h4-10,13,17,22-23H,3,11-12,14-15H2,1-2H3,(H,26,30)(H,27,29)/t22-,23+/m1/s1. The predicted molar refractivity (Wildman–Crippen MR) is 121 cm³/mol. The average molecular weight is 436 g/mol. The largest absolute Gasteiger partial charge is 0.438 e. The minimum absolute atomic E-state index is 0.106. The van der Waals surface area contributed by atoms with Gasteiger partial charge in [-0.25, -0.2) is 4.79 Å². The maximum atomic E-state index is 13.2. The molecule has 7 nitrogen and oxygen atoms in total. The maximum absolute atomic E-state index is 13.2. The molecule has 2 aromatic rings. The van der Waals surface area contributed by atoms with Crippen LogP contribution in [-0.2, 0) is 20.9 Å². The summed E-state index contributed by atoms with van der Waals surface area (Å²) in [6.07, 6.45) is 1.32. The molecule has 1 aliphatic heterocycles. The van der Waals surface area contributed by atoms with Crippen LogP contribution in [0.2, 0.25) is 0 Å². The van der Waals surface area contributed by atoms with Crippen molar-refractivity contribution in [3.05, 3.63) is 65.2 Å². The number of hydrogen-bond donors (Lipinski definition) is 2. The van der Waals surface area contributed by atoms with Crippen LogP contribution >= 0.6 is 0 Å². The number of carbonyl (C=O) groups excluding carboxylic acids is 3. The zero-order valence-corrected chi connectivity index (χ0v) is 18.5. The molecule has 1 saturated heterocycles. The van der Waals surface area contributed by atoms with E-state index in [2.05, 4.69) is 10.6 Å². The van der Waals surface area contributed by atoms with Gasteiger partial charge in [-0.3, -0.25) is 14.5 Å². The van der Waals surface area contributed by atoms with E-state index in [9.17, 15) is 14.4 Å². The van der Waals surface area contributed by atoms with E-state index in [1.807, 2.05) is 37.3 Å². The van der Waals surface area contributed by atoms with E-state index >= 15 is 0 Å². The van der Waals surface area contributed by atoms with Crippen LogP contribution < -0.4 is 10.6 Å². The number of benzene rings is 2. The number of rotatable bonds is 8. The third-order valence-corrected chi connectivity index (χ3v) is 5.91. The molecule has 2 aliphatic rings. The highest BCUT2D eigenvalue weighted by Gasteiger charge is 2.47. The van der Waals surface area contributed by atoms with Crippen molar-refractivity contribution in [3.63, 3.8) is 0 Å². The molecule has 2 N–H and O–H groups in total. The number of aryl methyl sites for hydroxylation is 1. The van der Waals surface area contributed by atoms with Crippen LogP contribution in [0.4, 0.5) is 10.5 Å². The third kappa shape index (κ3) is 5.10. The van der Waals surface area contributed by atoms with Crippen LogP contribution in [0.5, 0.6) is 0 Å². The monoisotopic (exact) mass is 435 g/mol. The highest BCUT2D eigenvalue weighted by atomic mass is 16.6. The van der Waals surface area contributed by atoms with Gasteiger partial charge in [-0.05, 0) is 48.9 Å². The van der Waals surface area contributed by atoms with Crippen molar-refractivity contribution in [2.75, 3.05) is 11.9 Å². The van der Waals surface area contributed by atoms with Gasteiger partial charge in [0.05, 0.1) is 6.54 Å². The second kappa shape index (κ2) is 9.42. The summed E-state index contributed by atoms with van der Waals surface area (Å²) < 4.78 is 5.71. The molecule has 3 amide bonds. The second-order valence-electron chi connectivity index (χ2n) is 8.58. The van der Waals surface area contributed by atoms with Crippen LogP contribution in [-0.4, -0.2) is 35.4 Å². The van der Waals surface area contributed by atoms with Gasteiger partial charge in [-0.2, -0.15) is 0 Å². The van der Waals surface area contributed by atoms with Gasteiger partial charge in [0, 0.05) is 18.7 Å². The Kier molecular flexibility index (Phi) is 6.44. The number of hydrogen-bond acceptors (Lipinski definition) is 4. The summed E-state index contributed by atoms with van der Waals surface area (Å²) in [5.74, 6) is 0.196. The molecule has 168 valence electrons. The molecular formula is C25H29N3O4. The third-order valence-electron chi connectivity index (χ3n) is 5.91. The van der Waals surface area contributed by atoms with Crippen molar-refractivity contribution in [2.45, 2.75) is 51.8 Å². The van der Waals surface area contributed by atoms with Gasteiger partial charge < -0.3 is 15.4 Å². The predicted octanol–water partition coefficient (Wildman–Crippen LogP) is 3.93. The number of anilines is 1. The van der Waals surface area contributed by atoms with E-state index in [0.717, 1.165) is 24.0 Å². The Morgan fingerprint density at radius 2 is 1.88 bits per heavy atom. The van der Waals surface area contributed by atoms with Gasteiger partial charge in [0.25, 0.3) is 0 Å². The van der Waals surface area contributed by atoms with E-state index < -0.39 is 18.2 Å². The zero-order valence-electron chi connectivity index (χ0n) is 18.5. The molecule has 0 radical (unpaired) electrons. The Hall–Kier alpha value is -3.35. The summed E-state index contributed by atoms with van der Waals surface area (Å²) in [5, 5.41) is 5.83. The minimum atomic E-state index is -0.792. The molecule has 2 fully saturated rings. The van der Waals surface area contributed by atoms with Crippen LogP contribution in [0.15, 0.2) is 48.5 Å². The zero-order chi connectivity index (χ0) is 22.7. The SMILES string of the molecule is CCC(=O)Nc1cccc([C@@H]2OC(=O)N(Cc3ccc(C)cc3)[C@H]2C(=O)NCC2CC2)c1. The first-order chi connectivity index (χ1) is 15.4. The fraction of sp³-hybridized carbons (Fsp3) is 0.400. The Balaban J connectivity index is 1.60. The number of nitrogens with zero attached hydrogens (tertiary/aromatic N) is 1. The number of cyclic esters (lactones) is 1. The Labute approximate surface area is 188 Å². The Bertz CT molecular complexity index is 1000. The van der Waals surface area contributed by atoms with Crippen molar-refractivity contribution in [3.8, 4) is 0 Å². The maximum Gasteiger partial charge on any atom is 0.411 e. The summed E-state index contributed by atoms with van der Waals surface area (Å²) in [5.41, 5.74) is 3.34. The number of nitrogens with one attached hydrogen (secondary N) is 2. The van der Waals surface area contributed by atoms with E-state index in [-0.39, 0.29) is 18.4 Å². The smallest absolute Gasteiger partial charge is 0.411 e. The fourth-order valence-electron chi connectivity index (χ4n) is 3.81. The summed E-state index contributed by atoms with van der Waals surface area (Å²) in [6, 6.07) is 14.2. The summed E-state index contributed by atoms with van der Waals surface area (Å²) in [4.78, 5) is 39.4. The van der Waals surface area contributed by atoms with Gasteiger partial charge in [0.2, 0.25) is 11.8 Å². The summed E-state index contributed by atoms with van der Waals surface area (Å²) >= 11 is 0. The van der Waals surface area contributed by atoms with Crippen molar-refractivity contribution < 1.29 is 19.1 Å². The normalized spacial score (nSPS) is 20.1. The lowest BCUT2D eigenvalue weighted by Crippen LogP contribution is -2.46. The van der Waals surface area contributed by atoms with Crippen LogP contribution in [0.3, 0.4) is 0 Å². The van der Waals surface area contributed by atoms with Crippen LogP contribution in [0.25, 0.3) is 0 Å². The van der Waals surface area contributed by atoms with Crippen LogP contribution in [0, 0.1) is 12.8 Å². The lowest BCUT2D eigenvalue weighted by atomic mass is 10.00. The molecule has 32 heavy (non-hydrogen) atoms. The molecule has 0 unspecified atom stereocenters. The Morgan fingerprint density at radius 3 is 2.56 bits per heavy atom. The number of ether oxygens (including phenoxy) is 1. The number of carbonyl (C=O) groups is 3. The van der Waals surface area contributed by atoms with Crippen molar-refractivity contribution in [1.29, 1.82) is 0 Å². The van der Waals surface area contributed by atoms with E-state index in [1.54, 1.807) is 25.1 Å². The molecule has 0 spiro atoms. The Morgan fingerprint density at radius 1 is 1.12 bits per heavy atom. The minimum Gasteiger partial charge on any atom is -0.438 e. The summed E-state index contributed by atoms with van der Waals surface area (Å²) in [6.45, 7) is 4.67. The molecule has 2 aromatic carbocycles. The van der Waals surface area contributed by atoms with Crippen LogP contribution in [0.1, 0.15) is 49.0 Å². The number of amides is 3. The van der Waals surface area contributed by atoms with Crippen molar-refractivity contribution in [1.82, 2.24) is 10.2 Å². The second-order valence-corrected chi connectivity index (χ2v) is 8.58. The molecule has 4 rings (SSSR count). The van der Waals surface area contributed by atoms with Crippen molar-refractivity contribution in [2.24, 2.45) is 5.92 Å². The first kappa shape index (κ1) is 21.9. The van der Waals surface area contributed by atoms with E-state index in [1.165, 1.54) is 4.90 Å². The van der Waals surface area contributed by atoms with Crippen molar-refractivity contribution >= 4 is 23.6 Å². The quantitative estimate of drug-likeness (QED) is 0.658. The topological polar surface area (TPSA) is 87.7 Å².